The molecule has 0 spiro atoms. The van der Waals surface area contributed by atoms with Crippen LogP contribution in [0, 0.1) is 0 Å². The molecule has 0 aromatic rings. The predicted molar refractivity (Wildman–Crippen MR) is 77.0 cm³/mol. The minimum absolute atomic E-state index is 0.560. The Kier molecular flexibility index (Phi) is 6.53. The van der Waals surface area contributed by atoms with Crippen molar-refractivity contribution < 1.29 is 14.3 Å². The maximum Gasteiger partial charge on any atom is 0.379 e. The predicted octanol–water partition coefficient (Wildman–Crippen LogP) is 3.85. The van der Waals surface area contributed by atoms with Crippen LogP contribution in [0.4, 0.5) is 0 Å². The highest BCUT2D eigenvalue weighted by Crippen LogP contribution is 2.42. The van der Waals surface area contributed by atoms with Gasteiger partial charge >= 0.3 is 5.97 Å². The van der Waals surface area contributed by atoms with Gasteiger partial charge in [-0.3, -0.25) is 4.79 Å². The molecule has 0 aliphatic carbocycles. The average Bonchev–Trinajstić information content (AvgIpc) is 2.21. The Bertz CT molecular complexity index is 308. The fourth-order valence-electron chi connectivity index (χ4n) is 2.87. The van der Waals surface area contributed by atoms with E-state index in [0.29, 0.717) is 16.6 Å². The quantitative estimate of drug-likeness (QED) is 0.319. The molecule has 0 aliphatic heterocycles. The normalized spacial score (nSPS) is 12.8. The highest BCUT2D eigenvalue weighted by atomic mass is 28.3. The Morgan fingerprint density at radius 2 is 1.33 bits per heavy atom. The van der Waals surface area contributed by atoms with Crippen LogP contribution < -0.4 is 0 Å². The first kappa shape index (κ1) is 17.1. The van der Waals surface area contributed by atoms with Crippen LogP contribution in [0.25, 0.3) is 0 Å². The topological polar surface area (TPSA) is 43.4 Å². The number of hydrogen-bond acceptors (Lipinski definition) is 3. The molecule has 4 heteroatoms. The maximum atomic E-state index is 11.1. The number of Topliss-reactive ketones (excluding diaryl/α,β-unsaturated/α-hetero) is 1. The van der Waals surface area contributed by atoms with Gasteiger partial charge in [-0.15, -0.1) is 0 Å². The third kappa shape index (κ3) is 3.80. The van der Waals surface area contributed by atoms with Crippen molar-refractivity contribution in [2.45, 2.75) is 65.1 Å². The lowest BCUT2D eigenvalue weighted by atomic mass is 10.5. The lowest BCUT2D eigenvalue weighted by Gasteiger charge is -2.40. The zero-order valence-electron chi connectivity index (χ0n) is 12.6. The van der Waals surface area contributed by atoms with Crippen molar-refractivity contribution in [3.63, 3.8) is 0 Å². The first-order chi connectivity index (χ1) is 8.16. The minimum Gasteiger partial charge on any atom is -0.430 e. The molecule has 0 fully saturated rings. The summed E-state index contributed by atoms with van der Waals surface area (Å²) in [7, 11) is -1.70. The number of carbonyl (C=O) groups is 2. The maximum absolute atomic E-state index is 11.1. The number of carbonyl (C=O) groups excluding carboxylic acids is 2. The van der Waals surface area contributed by atoms with Gasteiger partial charge in [-0.1, -0.05) is 47.2 Å². The summed E-state index contributed by atoms with van der Waals surface area (Å²) in [5.41, 5.74) is 3.76. The van der Waals surface area contributed by atoms with Gasteiger partial charge in [0.1, 0.15) is 0 Å². The molecular formula is C14H26O3Si. The van der Waals surface area contributed by atoms with Gasteiger partial charge in [0.15, 0.2) is 0 Å². The second-order valence-electron chi connectivity index (χ2n) is 5.73. The van der Waals surface area contributed by atoms with Crippen LogP contribution in [-0.2, 0) is 14.3 Å². The molecule has 18 heavy (non-hydrogen) atoms. The molecule has 0 saturated heterocycles. The van der Waals surface area contributed by atoms with Gasteiger partial charge in [-0.25, -0.2) is 4.79 Å². The summed E-state index contributed by atoms with van der Waals surface area (Å²) in [6.07, 6.45) is 1.44. The third-order valence-electron chi connectivity index (χ3n) is 3.82. The molecule has 0 aromatic heterocycles. The number of hydrogen-bond donors (Lipinski definition) is 0. The molecule has 0 unspecified atom stereocenters. The van der Waals surface area contributed by atoms with E-state index in [1.807, 2.05) is 0 Å². The van der Waals surface area contributed by atoms with E-state index in [-0.39, 0.29) is 0 Å². The molecule has 0 radical (unpaired) electrons. The Morgan fingerprint density at radius 1 is 0.944 bits per heavy atom. The van der Waals surface area contributed by atoms with Crippen LogP contribution in [0.15, 0.2) is 12.0 Å². The van der Waals surface area contributed by atoms with Crippen LogP contribution in [0.2, 0.25) is 16.6 Å². The highest BCUT2D eigenvalue weighted by molar-refractivity contribution is 6.87. The van der Waals surface area contributed by atoms with Gasteiger partial charge in [0, 0.05) is 6.92 Å². The molecule has 0 atom stereocenters. The van der Waals surface area contributed by atoms with E-state index in [2.05, 4.69) is 47.2 Å². The van der Waals surface area contributed by atoms with Gasteiger partial charge in [-0.2, -0.15) is 0 Å². The van der Waals surface area contributed by atoms with Crippen LogP contribution in [0.5, 0.6) is 0 Å². The number of ether oxygens (including phenoxy) is 1. The molecule has 0 rings (SSSR count). The molecule has 0 bridgehead atoms. The lowest BCUT2D eigenvalue weighted by Crippen LogP contribution is -2.42. The van der Waals surface area contributed by atoms with Gasteiger partial charge in [-0.05, 0) is 16.6 Å². The minimum atomic E-state index is -1.70. The summed E-state index contributed by atoms with van der Waals surface area (Å²) in [5.74, 6) is -1.35. The standard InChI is InChI=1S/C14H26O3Si/c1-10(2)18(11(3)4,12(5)6)9-8-17-14(16)13(7)15/h8-12H,1-7H3. The van der Waals surface area contributed by atoms with E-state index in [4.69, 9.17) is 4.74 Å². The van der Waals surface area contributed by atoms with E-state index >= 15 is 0 Å². The van der Waals surface area contributed by atoms with Crippen molar-refractivity contribution in [2.75, 3.05) is 0 Å². The SMILES string of the molecule is CC(=O)C(=O)OC=C[Si](C(C)C)(C(C)C)C(C)C. The van der Waals surface area contributed by atoms with E-state index < -0.39 is 19.8 Å². The fraction of sp³-hybridized carbons (Fsp3) is 0.714. The Labute approximate surface area is 112 Å². The first-order valence-electron chi connectivity index (χ1n) is 6.55. The molecule has 104 valence electrons. The second kappa shape index (κ2) is 6.88. The summed E-state index contributed by atoms with van der Waals surface area (Å²) in [5, 5.41) is 0. The molecule has 0 amide bonds. The van der Waals surface area contributed by atoms with Gasteiger partial charge in [0.2, 0.25) is 5.78 Å². The highest BCUT2D eigenvalue weighted by Gasteiger charge is 2.40. The third-order valence-corrected chi connectivity index (χ3v) is 10.5. The number of ketones is 1. The number of esters is 1. The summed E-state index contributed by atoms with van der Waals surface area (Å²) in [6, 6.07) is 0. The van der Waals surface area contributed by atoms with Crippen molar-refractivity contribution in [2.24, 2.45) is 0 Å². The molecular weight excluding hydrogens is 244 g/mol. The fourth-order valence-corrected chi connectivity index (χ4v) is 8.33. The summed E-state index contributed by atoms with van der Waals surface area (Å²) < 4.78 is 4.88. The van der Waals surface area contributed by atoms with E-state index in [1.165, 1.54) is 13.2 Å². The van der Waals surface area contributed by atoms with E-state index in [0.717, 1.165) is 0 Å². The molecule has 0 aliphatic rings. The Morgan fingerprint density at radius 3 is 1.61 bits per heavy atom. The molecule has 0 N–H and O–H groups in total. The van der Waals surface area contributed by atoms with Crippen molar-refractivity contribution >= 4 is 19.8 Å². The van der Waals surface area contributed by atoms with Crippen molar-refractivity contribution in [1.29, 1.82) is 0 Å². The zero-order valence-corrected chi connectivity index (χ0v) is 13.6. The smallest absolute Gasteiger partial charge is 0.379 e. The van der Waals surface area contributed by atoms with Gasteiger partial charge < -0.3 is 4.74 Å². The molecule has 0 aromatic carbocycles. The van der Waals surface area contributed by atoms with Crippen LogP contribution in [-0.4, -0.2) is 19.8 Å². The Hall–Kier alpha value is -0.903. The largest absolute Gasteiger partial charge is 0.430 e. The van der Waals surface area contributed by atoms with E-state index in [1.54, 1.807) is 0 Å². The van der Waals surface area contributed by atoms with Gasteiger partial charge in [0.05, 0.1) is 14.3 Å². The van der Waals surface area contributed by atoms with Crippen LogP contribution in [0.1, 0.15) is 48.5 Å². The van der Waals surface area contributed by atoms with Crippen molar-refractivity contribution in [3.05, 3.63) is 12.0 Å². The van der Waals surface area contributed by atoms with Crippen molar-refractivity contribution in [3.8, 4) is 0 Å². The summed E-state index contributed by atoms with van der Waals surface area (Å²) in [6.45, 7) is 14.6. The zero-order chi connectivity index (χ0) is 14.5. The average molecular weight is 270 g/mol. The Balaban J connectivity index is 5.07. The molecule has 0 heterocycles. The van der Waals surface area contributed by atoms with Crippen LogP contribution >= 0.6 is 0 Å². The lowest BCUT2D eigenvalue weighted by molar-refractivity contribution is -0.148. The molecule has 0 saturated carbocycles. The monoisotopic (exact) mass is 270 g/mol. The van der Waals surface area contributed by atoms with Crippen molar-refractivity contribution in [1.82, 2.24) is 0 Å². The van der Waals surface area contributed by atoms with Gasteiger partial charge in [0.25, 0.3) is 0 Å². The van der Waals surface area contributed by atoms with E-state index in [9.17, 15) is 9.59 Å². The number of rotatable bonds is 6. The second-order valence-corrected chi connectivity index (χ2v) is 11.5. The van der Waals surface area contributed by atoms with Crippen LogP contribution in [0.3, 0.4) is 0 Å². The first-order valence-corrected chi connectivity index (χ1v) is 8.86. The summed E-state index contributed by atoms with van der Waals surface area (Å²) >= 11 is 0. The summed E-state index contributed by atoms with van der Waals surface area (Å²) in [4.78, 5) is 21.9. The molecule has 3 nitrogen and oxygen atoms in total.